The summed E-state index contributed by atoms with van der Waals surface area (Å²) in [5.41, 5.74) is 0. The van der Waals surface area contributed by atoms with E-state index < -0.39 is 20.0 Å². The molecule has 0 aromatic carbocycles. The number of phosphoric acid groups is 1. The van der Waals surface area contributed by atoms with Gasteiger partial charge in [-0.1, -0.05) is 193 Å². The Morgan fingerprint density at radius 3 is 1.40 bits per heavy atom. The molecule has 0 heterocycles. The number of carbonyl (C=O) groups is 1. The Kier molecular flexibility index (Phi) is 38.2. The van der Waals surface area contributed by atoms with Crippen LogP contribution in [0.5, 0.6) is 0 Å². The predicted molar refractivity (Wildman–Crippen MR) is 235 cm³/mol. The number of allylic oxidation sites excluding steroid dienone is 2. The van der Waals surface area contributed by atoms with E-state index in [9.17, 15) is 19.4 Å². The second-order valence-electron chi connectivity index (χ2n) is 17.5. The van der Waals surface area contributed by atoms with Crippen molar-refractivity contribution < 1.29 is 32.9 Å². The lowest BCUT2D eigenvalue weighted by molar-refractivity contribution is -0.870. The first kappa shape index (κ1) is 54.2. The van der Waals surface area contributed by atoms with Gasteiger partial charge in [0.25, 0.3) is 0 Å². The summed E-state index contributed by atoms with van der Waals surface area (Å²) in [5, 5.41) is 14.0. The highest BCUT2D eigenvalue weighted by Crippen LogP contribution is 2.43. The Hall–Kier alpha value is -0.760. The molecule has 0 saturated heterocycles. The number of likely N-dealkylation sites (N-methyl/N-ethyl adjacent to an activating group) is 1. The molecule has 0 aromatic heterocycles. The van der Waals surface area contributed by atoms with E-state index in [2.05, 4.69) is 31.3 Å². The molecule has 1 unspecified atom stereocenters. The van der Waals surface area contributed by atoms with Gasteiger partial charge >= 0.3 is 7.82 Å². The fourth-order valence-electron chi connectivity index (χ4n) is 6.98. The standard InChI is InChI=1S/C46H93N2O6P/c1-6-8-10-12-14-16-18-20-22-24-26-28-30-32-34-36-38-40-46(50)47-44(43-54-55(51,52)53-42-41-48(3,4)5)45(49)39-37-35-33-31-29-27-25-23-21-19-17-15-13-11-9-7-2/h20,22,44-45,49H,6-19,21,23-43H2,1-5H3,(H-,47,50,51,52)/p+1/b22-20+/t44-,45+/m0/s1. The Balaban J connectivity index is 4.32. The van der Waals surface area contributed by atoms with E-state index in [1.165, 1.54) is 161 Å². The molecule has 0 bridgehead atoms. The van der Waals surface area contributed by atoms with Crippen molar-refractivity contribution in [3.63, 3.8) is 0 Å². The van der Waals surface area contributed by atoms with Crippen molar-refractivity contribution in [2.24, 2.45) is 0 Å². The van der Waals surface area contributed by atoms with Gasteiger partial charge in [0, 0.05) is 6.42 Å². The lowest BCUT2D eigenvalue weighted by atomic mass is 10.0. The van der Waals surface area contributed by atoms with Crippen LogP contribution in [0.2, 0.25) is 0 Å². The molecule has 0 rings (SSSR count). The maximum Gasteiger partial charge on any atom is 0.472 e. The highest BCUT2D eigenvalue weighted by molar-refractivity contribution is 7.47. The maximum atomic E-state index is 12.9. The highest BCUT2D eigenvalue weighted by Gasteiger charge is 2.28. The smallest absolute Gasteiger partial charge is 0.391 e. The van der Waals surface area contributed by atoms with Crippen molar-refractivity contribution in [2.45, 2.75) is 238 Å². The molecule has 0 aromatic rings. The van der Waals surface area contributed by atoms with Crippen molar-refractivity contribution in [2.75, 3.05) is 40.9 Å². The third-order valence-corrected chi connectivity index (χ3v) is 11.7. The summed E-state index contributed by atoms with van der Waals surface area (Å²) in [7, 11) is 1.62. The Labute approximate surface area is 342 Å². The van der Waals surface area contributed by atoms with Crippen LogP contribution < -0.4 is 5.32 Å². The molecule has 0 saturated carbocycles. The van der Waals surface area contributed by atoms with E-state index in [-0.39, 0.29) is 19.1 Å². The van der Waals surface area contributed by atoms with Crippen LogP contribution in [0.4, 0.5) is 0 Å². The number of quaternary nitrogens is 1. The fraction of sp³-hybridized carbons (Fsp3) is 0.935. The van der Waals surface area contributed by atoms with Crippen molar-refractivity contribution in [1.29, 1.82) is 0 Å². The lowest BCUT2D eigenvalue weighted by Gasteiger charge is -2.26. The van der Waals surface area contributed by atoms with Crippen LogP contribution in [-0.4, -0.2) is 73.4 Å². The monoisotopic (exact) mass is 802 g/mol. The summed E-state index contributed by atoms with van der Waals surface area (Å²) in [6.07, 6.45) is 43.7. The summed E-state index contributed by atoms with van der Waals surface area (Å²) in [4.78, 5) is 23.2. The molecule has 8 nitrogen and oxygen atoms in total. The van der Waals surface area contributed by atoms with Crippen LogP contribution in [0.15, 0.2) is 12.2 Å². The molecule has 0 aliphatic heterocycles. The SMILES string of the molecule is CCCCCCCC/C=C/CCCCCCCCCC(=O)N[C@@H](COP(=O)(O)OCC[N+](C)(C)C)[C@H](O)CCCCCCCCCCCCCCCCCC. The number of unbranched alkanes of at least 4 members (excludes halogenated alkanes) is 28. The predicted octanol–water partition coefficient (Wildman–Crippen LogP) is 13.1. The van der Waals surface area contributed by atoms with Gasteiger partial charge in [0.1, 0.15) is 13.2 Å². The van der Waals surface area contributed by atoms with Crippen molar-refractivity contribution >= 4 is 13.7 Å². The van der Waals surface area contributed by atoms with E-state index in [0.29, 0.717) is 23.9 Å². The number of hydrogen-bond donors (Lipinski definition) is 3. The van der Waals surface area contributed by atoms with Gasteiger partial charge in [0.15, 0.2) is 0 Å². The summed E-state index contributed by atoms with van der Waals surface area (Å²) in [6.45, 7) is 4.90. The zero-order valence-electron chi connectivity index (χ0n) is 37.2. The number of rotatable bonds is 43. The second-order valence-corrected chi connectivity index (χ2v) is 18.9. The zero-order chi connectivity index (χ0) is 40.7. The summed E-state index contributed by atoms with van der Waals surface area (Å²) in [6, 6.07) is -0.758. The van der Waals surface area contributed by atoms with Gasteiger partial charge in [-0.15, -0.1) is 0 Å². The Bertz CT molecular complexity index is 911. The number of amides is 1. The van der Waals surface area contributed by atoms with Crippen molar-refractivity contribution in [3.8, 4) is 0 Å². The zero-order valence-corrected chi connectivity index (χ0v) is 38.1. The Morgan fingerprint density at radius 2 is 0.982 bits per heavy atom. The molecule has 3 N–H and O–H groups in total. The molecule has 0 radical (unpaired) electrons. The topological polar surface area (TPSA) is 105 Å². The van der Waals surface area contributed by atoms with Gasteiger partial charge in [0.2, 0.25) is 5.91 Å². The summed E-state index contributed by atoms with van der Waals surface area (Å²) in [5.74, 6) is -0.147. The fourth-order valence-corrected chi connectivity index (χ4v) is 7.72. The van der Waals surface area contributed by atoms with Crippen LogP contribution in [0.3, 0.4) is 0 Å². The number of nitrogens with one attached hydrogen (secondary N) is 1. The van der Waals surface area contributed by atoms with Gasteiger partial charge in [-0.25, -0.2) is 4.57 Å². The molecule has 1 amide bonds. The molecular weight excluding hydrogens is 707 g/mol. The lowest BCUT2D eigenvalue weighted by Crippen LogP contribution is -2.46. The van der Waals surface area contributed by atoms with Gasteiger partial charge in [-0.05, 0) is 38.5 Å². The minimum Gasteiger partial charge on any atom is -0.391 e. The van der Waals surface area contributed by atoms with E-state index in [1.807, 2.05) is 21.1 Å². The summed E-state index contributed by atoms with van der Waals surface area (Å²) >= 11 is 0. The van der Waals surface area contributed by atoms with E-state index in [1.54, 1.807) is 0 Å². The normalized spacial score (nSPS) is 14.4. The highest BCUT2D eigenvalue weighted by atomic mass is 31.2. The number of nitrogens with zero attached hydrogens (tertiary/aromatic N) is 1. The molecule has 0 aliphatic carbocycles. The average Bonchev–Trinajstić information content (AvgIpc) is 3.13. The van der Waals surface area contributed by atoms with Gasteiger partial charge in [-0.3, -0.25) is 13.8 Å². The number of phosphoric ester groups is 1. The van der Waals surface area contributed by atoms with Gasteiger partial charge in [-0.2, -0.15) is 0 Å². The molecule has 0 spiro atoms. The molecule has 3 atom stereocenters. The number of aliphatic hydroxyl groups excluding tert-OH is 1. The van der Waals surface area contributed by atoms with Gasteiger partial charge in [0.05, 0.1) is 39.9 Å². The molecule has 55 heavy (non-hydrogen) atoms. The average molecular weight is 802 g/mol. The Morgan fingerprint density at radius 1 is 0.600 bits per heavy atom. The quantitative estimate of drug-likeness (QED) is 0.0245. The number of carbonyl (C=O) groups excluding carboxylic acids is 1. The van der Waals surface area contributed by atoms with Crippen molar-refractivity contribution in [3.05, 3.63) is 12.2 Å². The van der Waals surface area contributed by atoms with Crippen LogP contribution in [-0.2, 0) is 18.4 Å². The minimum absolute atomic E-state index is 0.0758. The largest absolute Gasteiger partial charge is 0.472 e. The van der Waals surface area contributed by atoms with E-state index in [4.69, 9.17) is 9.05 Å². The van der Waals surface area contributed by atoms with Crippen LogP contribution >= 0.6 is 7.82 Å². The van der Waals surface area contributed by atoms with Crippen molar-refractivity contribution in [1.82, 2.24) is 5.32 Å². The van der Waals surface area contributed by atoms with E-state index in [0.717, 1.165) is 38.5 Å². The van der Waals surface area contributed by atoms with E-state index >= 15 is 0 Å². The maximum absolute atomic E-state index is 12.9. The molecule has 0 aliphatic rings. The first-order valence-corrected chi connectivity index (χ1v) is 25.0. The van der Waals surface area contributed by atoms with Crippen LogP contribution in [0, 0.1) is 0 Å². The molecular formula is C46H94N2O6P+. The first-order chi connectivity index (χ1) is 26.5. The van der Waals surface area contributed by atoms with Crippen LogP contribution in [0.25, 0.3) is 0 Å². The molecule has 0 fully saturated rings. The van der Waals surface area contributed by atoms with Crippen LogP contribution in [0.1, 0.15) is 226 Å². The first-order valence-electron chi connectivity index (χ1n) is 23.6. The molecule has 328 valence electrons. The third-order valence-electron chi connectivity index (χ3n) is 10.8. The molecule has 9 heteroatoms. The third kappa shape index (κ3) is 41.2. The second kappa shape index (κ2) is 38.7. The summed E-state index contributed by atoms with van der Waals surface area (Å²) < 4.78 is 23.7. The number of hydrogen-bond acceptors (Lipinski definition) is 5. The minimum atomic E-state index is -4.31. The number of aliphatic hydroxyl groups is 1. The van der Waals surface area contributed by atoms with Gasteiger partial charge < -0.3 is 19.8 Å².